The third-order valence-electron chi connectivity index (χ3n) is 3.82. The molecule has 6 heteroatoms. The van der Waals surface area contributed by atoms with Crippen LogP contribution in [0.2, 0.25) is 0 Å². The van der Waals surface area contributed by atoms with E-state index in [0.29, 0.717) is 13.1 Å². The van der Waals surface area contributed by atoms with Crippen LogP contribution in [-0.4, -0.2) is 42.2 Å². The monoisotopic (exact) mass is 262 g/mol. The van der Waals surface area contributed by atoms with Gasteiger partial charge in [-0.1, -0.05) is 0 Å². The number of hydrogen-bond donors (Lipinski definition) is 1. The number of likely N-dealkylation sites (tertiary alicyclic amines) is 1. The summed E-state index contributed by atoms with van der Waals surface area (Å²) < 4.78 is 31.8. The minimum Gasteiger partial charge on any atom is -0.444 e. The second-order valence-electron chi connectivity index (χ2n) is 6.32. The van der Waals surface area contributed by atoms with Gasteiger partial charge in [0, 0.05) is 32.0 Å². The number of nitrogens with zero attached hydrogens (tertiary/aromatic N) is 1. The second-order valence-corrected chi connectivity index (χ2v) is 6.32. The van der Waals surface area contributed by atoms with Crippen molar-refractivity contribution in [2.45, 2.75) is 38.7 Å². The maximum Gasteiger partial charge on any atom is 0.410 e. The third-order valence-corrected chi connectivity index (χ3v) is 3.82. The van der Waals surface area contributed by atoms with Gasteiger partial charge in [-0.3, -0.25) is 0 Å². The fourth-order valence-electron chi connectivity index (χ4n) is 2.49. The molecule has 0 radical (unpaired) electrons. The number of ether oxygens (including phenoxy) is 1. The van der Waals surface area contributed by atoms with E-state index in [9.17, 15) is 13.6 Å². The molecule has 1 atom stereocenters. The maximum absolute atomic E-state index is 13.3. The molecule has 2 aliphatic rings. The number of rotatable bonds is 2. The Morgan fingerprint density at radius 2 is 1.94 bits per heavy atom. The Kier molecular flexibility index (Phi) is 2.85. The first kappa shape index (κ1) is 13.5. The van der Waals surface area contributed by atoms with Crippen molar-refractivity contribution in [2.24, 2.45) is 17.1 Å². The van der Waals surface area contributed by atoms with Crippen molar-refractivity contribution in [3.63, 3.8) is 0 Å². The number of amides is 1. The van der Waals surface area contributed by atoms with E-state index in [2.05, 4.69) is 0 Å². The SMILES string of the molecule is CC(C)(C)OC(=O)N1CC(C2(CN)CC2(F)F)C1. The van der Waals surface area contributed by atoms with Crippen LogP contribution in [0, 0.1) is 11.3 Å². The van der Waals surface area contributed by atoms with Crippen molar-refractivity contribution in [3.05, 3.63) is 0 Å². The first-order valence-corrected chi connectivity index (χ1v) is 6.17. The largest absolute Gasteiger partial charge is 0.444 e. The highest BCUT2D eigenvalue weighted by molar-refractivity contribution is 5.69. The normalized spacial score (nSPS) is 30.9. The fourth-order valence-corrected chi connectivity index (χ4v) is 2.49. The van der Waals surface area contributed by atoms with E-state index >= 15 is 0 Å². The number of carbonyl (C=O) groups is 1. The summed E-state index contributed by atoms with van der Waals surface area (Å²) in [5.74, 6) is -2.86. The molecule has 18 heavy (non-hydrogen) atoms. The predicted octanol–water partition coefficient (Wildman–Crippen LogP) is 1.84. The molecule has 1 saturated carbocycles. The molecule has 1 unspecified atom stereocenters. The zero-order valence-corrected chi connectivity index (χ0v) is 11.0. The first-order valence-electron chi connectivity index (χ1n) is 6.17. The third kappa shape index (κ3) is 2.06. The highest BCUT2D eigenvalue weighted by atomic mass is 19.3. The summed E-state index contributed by atoms with van der Waals surface area (Å²) in [4.78, 5) is 13.1. The number of carbonyl (C=O) groups excluding carboxylic acids is 1. The summed E-state index contributed by atoms with van der Waals surface area (Å²) in [6.07, 6.45) is -0.585. The Morgan fingerprint density at radius 1 is 1.44 bits per heavy atom. The summed E-state index contributed by atoms with van der Waals surface area (Å²) in [7, 11) is 0. The Hall–Kier alpha value is -0.910. The van der Waals surface area contributed by atoms with E-state index in [1.807, 2.05) is 0 Å². The van der Waals surface area contributed by atoms with Crippen LogP contribution in [0.5, 0.6) is 0 Å². The molecule has 1 aliphatic heterocycles. The van der Waals surface area contributed by atoms with Crippen molar-refractivity contribution in [1.82, 2.24) is 4.90 Å². The van der Waals surface area contributed by atoms with Gasteiger partial charge in [-0.15, -0.1) is 0 Å². The number of alkyl halides is 2. The van der Waals surface area contributed by atoms with Crippen molar-refractivity contribution in [3.8, 4) is 0 Å². The molecule has 0 aromatic rings. The topological polar surface area (TPSA) is 55.6 Å². The van der Waals surface area contributed by atoms with Crippen LogP contribution in [0.4, 0.5) is 13.6 Å². The van der Waals surface area contributed by atoms with Gasteiger partial charge in [-0.05, 0) is 20.8 Å². The lowest BCUT2D eigenvalue weighted by Gasteiger charge is -2.43. The standard InChI is InChI=1S/C12H20F2N2O2/c1-10(2,3)18-9(17)16-4-8(5-16)11(7-15)6-12(11,13)14/h8H,4-7,15H2,1-3H3. The van der Waals surface area contributed by atoms with Crippen LogP contribution < -0.4 is 5.73 Å². The van der Waals surface area contributed by atoms with Crippen LogP contribution >= 0.6 is 0 Å². The molecule has 1 amide bonds. The van der Waals surface area contributed by atoms with E-state index < -0.39 is 23.0 Å². The summed E-state index contributed by atoms with van der Waals surface area (Å²) in [5.41, 5.74) is 3.83. The van der Waals surface area contributed by atoms with Gasteiger partial charge < -0.3 is 15.4 Å². The molecular formula is C12H20F2N2O2. The van der Waals surface area contributed by atoms with Gasteiger partial charge in [0.2, 0.25) is 0 Å². The zero-order valence-electron chi connectivity index (χ0n) is 11.0. The molecule has 2 fully saturated rings. The Balaban J connectivity index is 1.86. The first-order chi connectivity index (χ1) is 8.11. The van der Waals surface area contributed by atoms with Crippen LogP contribution in [0.3, 0.4) is 0 Å². The van der Waals surface area contributed by atoms with Crippen LogP contribution in [0.25, 0.3) is 0 Å². The van der Waals surface area contributed by atoms with E-state index in [-0.39, 0.29) is 18.9 Å². The summed E-state index contributed by atoms with van der Waals surface area (Å²) >= 11 is 0. The van der Waals surface area contributed by atoms with Gasteiger partial charge in [0.15, 0.2) is 0 Å². The smallest absolute Gasteiger partial charge is 0.410 e. The molecule has 4 nitrogen and oxygen atoms in total. The minimum absolute atomic E-state index is 0.0210. The predicted molar refractivity (Wildman–Crippen MR) is 62.3 cm³/mol. The van der Waals surface area contributed by atoms with E-state index in [1.165, 1.54) is 4.90 Å². The van der Waals surface area contributed by atoms with Crippen LogP contribution in [0.15, 0.2) is 0 Å². The average molecular weight is 262 g/mol. The Bertz CT molecular complexity index is 362. The van der Waals surface area contributed by atoms with Crippen molar-refractivity contribution in [1.29, 1.82) is 0 Å². The van der Waals surface area contributed by atoms with Crippen molar-refractivity contribution in [2.75, 3.05) is 19.6 Å². The summed E-state index contributed by atoms with van der Waals surface area (Å²) in [6.45, 7) is 5.95. The molecule has 2 rings (SSSR count). The van der Waals surface area contributed by atoms with Crippen LogP contribution in [-0.2, 0) is 4.74 Å². The lowest BCUT2D eigenvalue weighted by atomic mass is 9.82. The highest BCUT2D eigenvalue weighted by Gasteiger charge is 2.75. The summed E-state index contributed by atoms with van der Waals surface area (Å²) in [6, 6.07) is 0. The molecule has 0 aromatic heterocycles. The lowest BCUT2D eigenvalue weighted by molar-refractivity contribution is -0.0378. The van der Waals surface area contributed by atoms with Crippen LogP contribution in [0.1, 0.15) is 27.2 Å². The lowest BCUT2D eigenvalue weighted by Crippen LogP contribution is -2.56. The maximum atomic E-state index is 13.3. The minimum atomic E-state index is -2.66. The molecular weight excluding hydrogens is 242 g/mol. The van der Waals surface area contributed by atoms with Gasteiger partial charge in [0.25, 0.3) is 5.92 Å². The van der Waals surface area contributed by atoms with E-state index in [4.69, 9.17) is 10.5 Å². The number of hydrogen-bond acceptors (Lipinski definition) is 3. The average Bonchev–Trinajstić information content (AvgIpc) is 2.63. The second kappa shape index (κ2) is 3.79. The van der Waals surface area contributed by atoms with Crippen molar-refractivity contribution >= 4 is 6.09 Å². The van der Waals surface area contributed by atoms with Gasteiger partial charge in [0.1, 0.15) is 5.60 Å². The molecule has 2 N–H and O–H groups in total. The molecule has 1 saturated heterocycles. The van der Waals surface area contributed by atoms with Gasteiger partial charge in [-0.2, -0.15) is 0 Å². The number of nitrogens with two attached hydrogens (primary N) is 1. The zero-order chi connectivity index (χ0) is 13.8. The highest BCUT2D eigenvalue weighted by Crippen LogP contribution is 2.65. The molecule has 1 heterocycles. The van der Waals surface area contributed by atoms with E-state index in [1.54, 1.807) is 20.8 Å². The van der Waals surface area contributed by atoms with Gasteiger partial charge in [0.05, 0.1) is 5.41 Å². The molecule has 0 bridgehead atoms. The van der Waals surface area contributed by atoms with E-state index in [0.717, 1.165) is 0 Å². The fraction of sp³-hybridized carbons (Fsp3) is 0.917. The Morgan fingerprint density at radius 3 is 2.28 bits per heavy atom. The Labute approximate surface area is 105 Å². The number of halogens is 2. The molecule has 104 valence electrons. The van der Waals surface area contributed by atoms with Crippen molar-refractivity contribution < 1.29 is 18.3 Å². The summed E-state index contributed by atoms with van der Waals surface area (Å²) in [5, 5.41) is 0. The quantitative estimate of drug-likeness (QED) is 0.826. The van der Waals surface area contributed by atoms with Gasteiger partial charge in [-0.25, -0.2) is 13.6 Å². The van der Waals surface area contributed by atoms with Gasteiger partial charge >= 0.3 is 6.09 Å². The molecule has 0 spiro atoms. The molecule has 1 aliphatic carbocycles. The molecule has 0 aromatic carbocycles.